The second kappa shape index (κ2) is 26.0. The van der Waals surface area contributed by atoms with Gasteiger partial charge in [-0.05, 0) is 0 Å². The van der Waals surface area contributed by atoms with Crippen molar-refractivity contribution in [2.24, 2.45) is 9.98 Å². The van der Waals surface area contributed by atoms with Crippen LogP contribution in [0.25, 0.3) is 0 Å². The van der Waals surface area contributed by atoms with Crippen molar-refractivity contribution in [3.05, 3.63) is 0 Å². The molecule has 0 saturated carbocycles. The van der Waals surface area contributed by atoms with Crippen molar-refractivity contribution in [2.45, 2.75) is 0 Å². The molecule has 0 aromatic rings. The van der Waals surface area contributed by atoms with Crippen LogP contribution in [0.4, 0.5) is 9.59 Å². The maximum absolute atomic E-state index is 11.8. The Kier molecular flexibility index (Phi) is 26.8. The second-order valence-electron chi connectivity index (χ2n) is 4.85. The fourth-order valence-corrected chi connectivity index (χ4v) is 8.28. The van der Waals surface area contributed by atoms with Gasteiger partial charge in [-0.1, -0.05) is 23.5 Å². The van der Waals surface area contributed by atoms with Gasteiger partial charge in [0.2, 0.25) is 0 Å². The second-order valence-corrected chi connectivity index (χ2v) is 15.5. The topological polar surface area (TPSA) is 158 Å². The Morgan fingerprint density at radius 2 is 1.18 bits per heavy atom. The Balaban J connectivity index is 3.59. The Bertz CT molecular complexity index is 644. The summed E-state index contributed by atoms with van der Waals surface area (Å²) in [7, 11) is -2.44. The van der Waals surface area contributed by atoms with Crippen LogP contribution in [0.2, 0.25) is 0 Å². The number of nitrogens with zero attached hydrogens (tertiary/aromatic N) is 2. The summed E-state index contributed by atoms with van der Waals surface area (Å²) in [5.74, 6) is 1.44. The SMILES string of the molecule is O=C(NCSC/N=C\S(=O)CSCSC(=O)NCSC/N=C\S(=O)CSCO)SCSCO. The van der Waals surface area contributed by atoms with Crippen LogP contribution in [0.5, 0.6) is 0 Å². The third-order valence-corrected chi connectivity index (χ3v) is 11.3. The van der Waals surface area contributed by atoms with E-state index in [-0.39, 0.29) is 22.4 Å². The van der Waals surface area contributed by atoms with E-state index in [2.05, 4.69) is 20.6 Å². The van der Waals surface area contributed by atoms with Gasteiger partial charge < -0.3 is 20.8 Å². The molecule has 2 amide bonds. The van der Waals surface area contributed by atoms with E-state index in [9.17, 15) is 18.0 Å². The molecule has 0 aromatic heterocycles. The molecule has 19 heteroatoms. The fourth-order valence-electron chi connectivity index (χ4n) is 1.27. The maximum atomic E-state index is 11.8. The number of amides is 2. The number of aliphatic hydroxyl groups excluding tert-OH is 2. The van der Waals surface area contributed by atoms with E-state index in [1.807, 2.05) is 0 Å². The van der Waals surface area contributed by atoms with Crippen molar-refractivity contribution in [2.75, 3.05) is 55.7 Å². The van der Waals surface area contributed by atoms with Gasteiger partial charge in [0, 0.05) is 5.08 Å². The van der Waals surface area contributed by atoms with Gasteiger partial charge in [0.1, 0.15) is 0 Å². The standard InChI is InChI=1S/C14H26N4O6S9/c19-7-27-9-30-13(21)17-3-26-2-16-6-33(24)12-29-10-31-14(22)18-4-25-1-15-5-32(23)11-28-8-20/h5-6,19-20H,1-4,7-12H2,(H,17,21)(H,18,22)/b15-5-,16-6-. The molecular weight excluding hydrogens is 609 g/mol. The molecule has 0 radical (unpaired) electrons. The molecular formula is C14H26N4O6S9. The number of hydrogen-bond donors (Lipinski definition) is 4. The maximum Gasteiger partial charge on any atom is 0.280 e. The third kappa shape index (κ3) is 25.8. The van der Waals surface area contributed by atoms with E-state index in [0.717, 1.165) is 35.3 Å². The van der Waals surface area contributed by atoms with Gasteiger partial charge >= 0.3 is 0 Å². The average Bonchev–Trinajstić information content (AvgIpc) is 2.80. The number of carbonyl (C=O) groups excluding carboxylic acids is 2. The number of nitrogens with one attached hydrogen (secondary N) is 2. The zero-order valence-electron chi connectivity index (χ0n) is 17.3. The largest absolute Gasteiger partial charge is 0.386 e. The van der Waals surface area contributed by atoms with Crippen molar-refractivity contribution in [1.82, 2.24) is 10.6 Å². The number of aliphatic imine (C=N–C) groups is 2. The third-order valence-electron chi connectivity index (χ3n) is 2.48. The van der Waals surface area contributed by atoms with E-state index in [4.69, 9.17) is 10.2 Å². The molecule has 0 spiro atoms. The molecule has 4 N–H and O–H groups in total. The zero-order chi connectivity index (χ0) is 24.6. The molecule has 0 fully saturated rings. The normalized spacial score (nSPS) is 13.4. The minimum Gasteiger partial charge on any atom is -0.386 e. The summed E-state index contributed by atoms with van der Waals surface area (Å²) in [6, 6.07) is 0. The lowest BCUT2D eigenvalue weighted by atomic mass is 11.2. The molecule has 192 valence electrons. The molecule has 0 rings (SSSR count). The van der Waals surface area contributed by atoms with Crippen LogP contribution in [-0.2, 0) is 21.6 Å². The summed E-state index contributed by atoms with van der Waals surface area (Å²) in [4.78, 5) is 31.1. The van der Waals surface area contributed by atoms with Gasteiger partial charge in [0.15, 0.2) is 0 Å². The quantitative estimate of drug-likeness (QED) is 0.0671. The number of rotatable bonds is 20. The summed E-state index contributed by atoms with van der Waals surface area (Å²) in [6.45, 7) is 0. The molecule has 0 aromatic carbocycles. The van der Waals surface area contributed by atoms with Gasteiger partial charge in [-0.25, -0.2) is 0 Å². The summed E-state index contributed by atoms with van der Waals surface area (Å²) in [5, 5.41) is 23.9. The van der Waals surface area contributed by atoms with Crippen LogP contribution in [0.3, 0.4) is 0 Å². The van der Waals surface area contributed by atoms with Crippen molar-refractivity contribution in [1.29, 1.82) is 0 Å². The highest BCUT2D eigenvalue weighted by Crippen LogP contribution is 2.14. The number of aliphatic hydroxyl groups is 2. The Labute approximate surface area is 228 Å². The smallest absolute Gasteiger partial charge is 0.280 e. The number of hydrogen-bond acceptors (Lipinski definition) is 15. The van der Waals surface area contributed by atoms with Crippen molar-refractivity contribution in [3.63, 3.8) is 0 Å². The first kappa shape index (κ1) is 34.0. The molecule has 0 heterocycles. The Hall–Kier alpha value is 0.950. The van der Waals surface area contributed by atoms with Gasteiger partial charge in [-0.3, -0.25) is 28.0 Å². The summed E-state index contributed by atoms with van der Waals surface area (Å²) in [6.07, 6.45) is 0. The lowest BCUT2D eigenvalue weighted by Gasteiger charge is -2.03. The van der Waals surface area contributed by atoms with Crippen LogP contribution in [0.15, 0.2) is 9.98 Å². The molecule has 0 aliphatic heterocycles. The number of thioether (sulfide) groups is 7. The average molecular weight is 635 g/mol. The van der Waals surface area contributed by atoms with Gasteiger partial charge in [-0.15, -0.1) is 58.8 Å². The Morgan fingerprint density at radius 1 is 0.727 bits per heavy atom. The molecule has 0 saturated heterocycles. The monoisotopic (exact) mass is 634 g/mol. The summed E-state index contributed by atoms with van der Waals surface area (Å²) >= 11 is 8.70. The molecule has 0 aliphatic rings. The fraction of sp³-hybridized carbons (Fsp3) is 0.714. The van der Waals surface area contributed by atoms with E-state index >= 15 is 0 Å². The summed E-state index contributed by atoms with van der Waals surface area (Å²) < 4.78 is 23.2. The molecule has 10 nitrogen and oxygen atoms in total. The highest BCUT2D eigenvalue weighted by molar-refractivity contribution is 8.27. The van der Waals surface area contributed by atoms with Crippen molar-refractivity contribution in [3.8, 4) is 0 Å². The van der Waals surface area contributed by atoms with Crippen molar-refractivity contribution >= 4 is 126 Å². The highest BCUT2D eigenvalue weighted by atomic mass is 32.2. The first-order valence-corrected chi connectivity index (χ1v) is 19.2. The lowest BCUT2D eigenvalue weighted by Crippen LogP contribution is -2.18. The van der Waals surface area contributed by atoms with E-state index < -0.39 is 21.6 Å². The minimum atomic E-state index is -1.24. The van der Waals surface area contributed by atoms with Crippen LogP contribution in [-0.4, -0.2) is 95.9 Å². The van der Waals surface area contributed by atoms with Gasteiger partial charge in [0.25, 0.3) is 10.5 Å². The minimum absolute atomic E-state index is 0.0144. The van der Waals surface area contributed by atoms with Crippen LogP contribution in [0, 0.1) is 0 Å². The highest BCUT2D eigenvalue weighted by Gasteiger charge is 2.03. The first-order valence-electron chi connectivity index (χ1n) is 8.65. The van der Waals surface area contributed by atoms with Crippen LogP contribution < -0.4 is 10.6 Å². The predicted molar refractivity (Wildman–Crippen MR) is 157 cm³/mol. The summed E-state index contributed by atoms with van der Waals surface area (Å²) in [5.41, 5.74) is 2.70. The predicted octanol–water partition coefficient (Wildman–Crippen LogP) is 2.65. The van der Waals surface area contributed by atoms with E-state index in [1.165, 1.54) is 58.1 Å². The molecule has 33 heavy (non-hydrogen) atoms. The van der Waals surface area contributed by atoms with Crippen LogP contribution in [0.1, 0.15) is 0 Å². The molecule has 0 aliphatic carbocycles. The lowest BCUT2D eigenvalue weighted by molar-refractivity contribution is 0.261. The van der Waals surface area contributed by atoms with Crippen molar-refractivity contribution < 1.29 is 28.2 Å². The number of carbonyl (C=O) groups is 2. The van der Waals surface area contributed by atoms with E-state index in [1.54, 1.807) is 0 Å². The van der Waals surface area contributed by atoms with E-state index in [0.29, 0.717) is 43.8 Å². The molecule has 0 bridgehead atoms. The first-order chi connectivity index (χ1) is 16.0. The zero-order valence-corrected chi connectivity index (χ0v) is 24.7. The van der Waals surface area contributed by atoms with Crippen LogP contribution >= 0.6 is 82.3 Å². The molecule has 2 atom stereocenters. The Morgan fingerprint density at radius 3 is 1.67 bits per heavy atom. The van der Waals surface area contributed by atoms with Gasteiger partial charge in [0.05, 0.1) is 83.3 Å². The van der Waals surface area contributed by atoms with Gasteiger partial charge in [-0.2, -0.15) is 0 Å². The molecule has 2 unspecified atom stereocenters.